The smallest absolute Gasteiger partial charge is 0.346 e. The number of benzene rings is 1. The minimum atomic E-state index is -2.12. The summed E-state index contributed by atoms with van der Waals surface area (Å²) in [6, 6.07) is 6.95. The molecule has 2 rings (SSSR count). The number of ether oxygens (including phenoxy) is 2. The highest BCUT2D eigenvalue weighted by Gasteiger charge is 2.66. The molecule has 122 valence electrons. The van der Waals surface area contributed by atoms with Crippen LogP contribution in [0.4, 0.5) is 0 Å². The largest absolute Gasteiger partial charge is 0.467 e. The molecule has 1 aromatic carbocycles. The van der Waals surface area contributed by atoms with Gasteiger partial charge in [0.25, 0.3) is 11.6 Å². The topological polar surface area (TPSA) is 108 Å². The molecule has 0 saturated heterocycles. The van der Waals surface area contributed by atoms with Gasteiger partial charge in [-0.3, -0.25) is 15.1 Å². The number of methoxy groups -OCH3 is 2. The third-order valence-corrected chi connectivity index (χ3v) is 3.93. The quantitative estimate of drug-likeness (QED) is 0.354. The maximum absolute atomic E-state index is 12.4. The van der Waals surface area contributed by atoms with Gasteiger partial charge in [-0.2, -0.15) is 0 Å². The molecular formula is C15H16N2O6. The second kappa shape index (κ2) is 6.15. The van der Waals surface area contributed by atoms with Gasteiger partial charge in [0.15, 0.2) is 0 Å². The predicted molar refractivity (Wildman–Crippen MR) is 79.8 cm³/mol. The normalized spacial score (nSPS) is 22.1. The van der Waals surface area contributed by atoms with E-state index in [0.717, 1.165) is 14.2 Å². The van der Waals surface area contributed by atoms with Gasteiger partial charge < -0.3 is 9.47 Å². The molecule has 0 amide bonds. The van der Waals surface area contributed by atoms with Crippen LogP contribution in [0.1, 0.15) is 18.4 Å². The number of rotatable bonds is 4. The number of nitro groups is 1. The lowest BCUT2D eigenvalue weighted by Crippen LogP contribution is -2.52. The maximum Gasteiger partial charge on any atom is 0.346 e. The molecule has 0 aliphatic carbocycles. The fourth-order valence-electron chi connectivity index (χ4n) is 2.98. The van der Waals surface area contributed by atoms with Crippen LogP contribution in [-0.2, 0) is 19.1 Å². The number of hydrogen-bond donors (Lipinski definition) is 0. The molecule has 0 aromatic heterocycles. The standard InChI is InChI=1S/C15H16N2O6/c1-9-12(17(20)21)11(10-7-5-4-6-8-10)15(16-9,13(18)22-2)14(19)23-3/h4-8,11-12H,1-3H3/t11-,12+/m0/s1. The molecule has 0 N–H and O–H groups in total. The van der Waals surface area contributed by atoms with Gasteiger partial charge in [-0.15, -0.1) is 0 Å². The van der Waals surface area contributed by atoms with E-state index in [1.807, 2.05) is 0 Å². The van der Waals surface area contributed by atoms with Crippen LogP contribution in [0, 0.1) is 10.1 Å². The van der Waals surface area contributed by atoms with Crippen LogP contribution in [-0.4, -0.2) is 48.4 Å². The highest BCUT2D eigenvalue weighted by Crippen LogP contribution is 2.43. The Balaban J connectivity index is 2.74. The zero-order valence-corrected chi connectivity index (χ0v) is 12.9. The second-order valence-corrected chi connectivity index (χ2v) is 5.12. The van der Waals surface area contributed by atoms with Gasteiger partial charge in [0.1, 0.15) is 5.92 Å². The molecule has 0 saturated carbocycles. The number of nitrogens with zero attached hydrogens (tertiary/aromatic N) is 2. The molecule has 0 radical (unpaired) electrons. The van der Waals surface area contributed by atoms with Crippen LogP contribution in [0.25, 0.3) is 0 Å². The van der Waals surface area contributed by atoms with E-state index in [1.54, 1.807) is 30.3 Å². The number of carbonyl (C=O) groups excluding carboxylic acids is 2. The molecule has 23 heavy (non-hydrogen) atoms. The first-order valence-corrected chi connectivity index (χ1v) is 6.81. The Hall–Kier alpha value is -2.77. The summed E-state index contributed by atoms with van der Waals surface area (Å²) in [7, 11) is 2.19. The summed E-state index contributed by atoms with van der Waals surface area (Å²) in [4.78, 5) is 39.8. The second-order valence-electron chi connectivity index (χ2n) is 5.12. The van der Waals surface area contributed by atoms with Crippen LogP contribution >= 0.6 is 0 Å². The van der Waals surface area contributed by atoms with E-state index in [2.05, 4.69) is 4.99 Å². The van der Waals surface area contributed by atoms with Gasteiger partial charge in [0, 0.05) is 4.92 Å². The van der Waals surface area contributed by atoms with Crippen LogP contribution < -0.4 is 0 Å². The summed E-state index contributed by atoms with van der Waals surface area (Å²) in [5, 5.41) is 11.5. The molecule has 2 atom stereocenters. The third-order valence-electron chi connectivity index (χ3n) is 3.93. The molecule has 1 aromatic rings. The average molecular weight is 320 g/mol. The number of aliphatic imine (C=N–C) groups is 1. The molecule has 1 heterocycles. The van der Waals surface area contributed by atoms with Crippen molar-refractivity contribution in [2.45, 2.75) is 24.4 Å². The highest BCUT2D eigenvalue weighted by molar-refractivity contribution is 6.12. The number of hydrogen-bond acceptors (Lipinski definition) is 7. The SMILES string of the molecule is COC(=O)C1(C(=O)OC)N=C(C)[C@@H]([N+](=O)[O-])[C@@H]1c1ccccc1. The third kappa shape index (κ3) is 2.45. The number of carbonyl (C=O) groups is 2. The van der Waals surface area contributed by atoms with Crippen molar-refractivity contribution in [1.29, 1.82) is 0 Å². The van der Waals surface area contributed by atoms with E-state index in [4.69, 9.17) is 9.47 Å². The van der Waals surface area contributed by atoms with Crippen molar-refractivity contribution in [2.75, 3.05) is 14.2 Å². The Morgan fingerprint density at radius 1 is 1.17 bits per heavy atom. The van der Waals surface area contributed by atoms with Crippen molar-refractivity contribution in [3.8, 4) is 0 Å². The highest BCUT2D eigenvalue weighted by atomic mass is 16.6. The van der Waals surface area contributed by atoms with E-state index in [1.165, 1.54) is 6.92 Å². The van der Waals surface area contributed by atoms with Crippen molar-refractivity contribution in [3.05, 3.63) is 46.0 Å². The summed E-state index contributed by atoms with van der Waals surface area (Å²) in [5.74, 6) is -3.11. The molecule has 1 aliphatic heterocycles. The van der Waals surface area contributed by atoms with Gasteiger partial charge in [0.2, 0.25) is 0 Å². The number of esters is 2. The molecule has 8 heteroatoms. The van der Waals surface area contributed by atoms with E-state index >= 15 is 0 Å². The minimum absolute atomic E-state index is 0.0691. The lowest BCUT2D eigenvalue weighted by Gasteiger charge is -2.28. The maximum atomic E-state index is 12.4. The van der Waals surface area contributed by atoms with Gasteiger partial charge in [-0.1, -0.05) is 30.3 Å². The Labute approximate surface area is 132 Å². The fraction of sp³-hybridized carbons (Fsp3) is 0.400. The first-order chi connectivity index (χ1) is 10.9. The van der Waals surface area contributed by atoms with Crippen molar-refractivity contribution < 1.29 is 24.0 Å². The summed E-state index contributed by atoms with van der Waals surface area (Å²) >= 11 is 0. The predicted octanol–water partition coefficient (Wildman–Crippen LogP) is 0.975. The van der Waals surface area contributed by atoms with Gasteiger partial charge in [-0.05, 0) is 12.5 Å². The summed E-state index contributed by atoms with van der Waals surface area (Å²) in [5.41, 5.74) is -1.61. The lowest BCUT2D eigenvalue weighted by atomic mass is 9.77. The first kappa shape index (κ1) is 16.6. The Bertz CT molecular complexity index is 654. The van der Waals surface area contributed by atoms with E-state index in [0.29, 0.717) is 5.56 Å². The Kier molecular flexibility index (Phi) is 4.44. The molecule has 0 unspecified atom stereocenters. The molecule has 8 nitrogen and oxygen atoms in total. The molecular weight excluding hydrogens is 304 g/mol. The van der Waals surface area contributed by atoms with Crippen LogP contribution in [0.15, 0.2) is 35.3 Å². The Morgan fingerprint density at radius 2 is 1.70 bits per heavy atom. The van der Waals surface area contributed by atoms with E-state index in [-0.39, 0.29) is 5.71 Å². The summed E-state index contributed by atoms with van der Waals surface area (Å²) in [6.07, 6.45) is 0. The molecule has 0 spiro atoms. The molecule has 1 aliphatic rings. The molecule has 0 fully saturated rings. The van der Waals surface area contributed by atoms with Crippen LogP contribution in [0.3, 0.4) is 0 Å². The van der Waals surface area contributed by atoms with Crippen molar-refractivity contribution in [1.82, 2.24) is 0 Å². The van der Waals surface area contributed by atoms with Crippen molar-refractivity contribution in [3.63, 3.8) is 0 Å². The zero-order chi connectivity index (χ0) is 17.2. The summed E-state index contributed by atoms with van der Waals surface area (Å²) < 4.78 is 9.44. The first-order valence-electron chi connectivity index (χ1n) is 6.81. The van der Waals surface area contributed by atoms with E-state index in [9.17, 15) is 19.7 Å². The fourth-order valence-corrected chi connectivity index (χ4v) is 2.98. The van der Waals surface area contributed by atoms with Crippen molar-refractivity contribution >= 4 is 17.7 Å². The minimum Gasteiger partial charge on any atom is -0.467 e. The van der Waals surface area contributed by atoms with Crippen molar-refractivity contribution in [2.24, 2.45) is 4.99 Å². The van der Waals surface area contributed by atoms with Gasteiger partial charge in [0.05, 0.1) is 19.9 Å². The average Bonchev–Trinajstić information content (AvgIpc) is 2.88. The monoisotopic (exact) mass is 320 g/mol. The van der Waals surface area contributed by atoms with Gasteiger partial charge >= 0.3 is 11.9 Å². The van der Waals surface area contributed by atoms with Gasteiger partial charge in [-0.25, -0.2) is 9.59 Å². The van der Waals surface area contributed by atoms with Crippen LogP contribution in [0.2, 0.25) is 0 Å². The zero-order valence-electron chi connectivity index (χ0n) is 12.9. The molecule has 0 bridgehead atoms. The summed E-state index contributed by atoms with van der Waals surface area (Å²) in [6.45, 7) is 1.41. The Morgan fingerprint density at radius 3 is 2.13 bits per heavy atom. The lowest BCUT2D eigenvalue weighted by molar-refractivity contribution is -0.506. The van der Waals surface area contributed by atoms with Crippen LogP contribution in [0.5, 0.6) is 0 Å². The van der Waals surface area contributed by atoms with E-state index < -0.39 is 34.4 Å².